The fourth-order valence-corrected chi connectivity index (χ4v) is 2.42. The molecule has 1 aromatic heterocycles. The highest BCUT2D eigenvalue weighted by Gasteiger charge is 2.08. The molecule has 3 aromatic rings. The standard InChI is InChI=1S/C21H22N4O2/c1-3-13-22-21(26)23-18-6-4-5-17(14-18)20-24-19(27-25-20)12-11-16-9-7-15(2)8-10-16/h4-12,14H,3,13H2,1-2H3,(H2,22,23,26). The van der Waals surface area contributed by atoms with Gasteiger partial charge in [-0.1, -0.05) is 54.0 Å². The van der Waals surface area contributed by atoms with Gasteiger partial charge < -0.3 is 15.2 Å². The highest BCUT2D eigenvalue weighted by Crippen LogP contribution is 2.20. The Balaban J connectivity index is 1.69. The molecule has 0 fully saturated rings. The molecular weight excluding hydrogens is 340 g/mol. The number of anilines is 1. The Morgan fingerprint density at radius 3 is 2.74 bits per heavy atom. The molecule has 0 aliphatic heterocycles. The quantitative estimate of drug-likeness (QED) is 0.663. The number of amides is 2. The number of aromatic nitrogens is 2. The third kappa shape index (κ3) is 5.28. The minimum absolute atomic E-state index is 0.233. The van der Waals surface area contributed by atoms with Gasteiger partial charge in [0, 0.05) is 23.9 Å². The number of hydrogen-bond acceptors (Lipinski definition) is 4. The van der Waals surface area contributed by atoms with Gasteiger partial charge in [0.25, 0.3) is 5.89 Å². The van der Waals surface area contributed by atoms with Crippen molar-refractivity contribution in [2.45, 2.75) is 20.3 Å². The maximum atomic E-state index is 11.8. The van der Waals surface area contributed by atoms with Crippen LogP contribution >= 0.6 is 0 Å². The molecule has 1 heterocycles. The van der Waals surface area contributed by atoms with Gasteiger partial charge in [0.05, 0.1) is 0 Å². The first-order chi connectivity index (χ1) is 13.1. The fourth-order valence-electron chi connectivity index (χ4n) is 2.42. The second-order valence-corrected chi connectivity index (χ2v) is 6.16. The van der Waals surface area contributed by atoms with Gasteiger partial charge in [-0.2, -0.15) is 4.98 Å². The molecule has 0 spiro atoms. The predicted molar refractivity (Wildman–Crippen MR) is 107 cm³/mol. The molecule has 6 nitrogen and oxygen atoms in total. The minimum atomic E-state index is -0.233. The lowest BCUT2D eigenvalue weighted by molar-refractivity contribution is 0.252. The van der Waals surface area contributed by atoms with Crippen LogP contribution in [0.3, 0.4) is 0 Å². The molecule has 0 saturated carbocycles. The number of aryl methyl sites for hydroxylation is 1. The van der Waals surface area contributed by atoms with E-state index in [0.717, 1.165) is 17.5 Å². The Bertz CT molecular complexity index is 929. The maximum absolute atomic E-state index is 11.8. The van der Waals surface area contributed by atoms with Crippen molar-refractivity contribution in [1.29, 1.82) is 0 Å². The van der Waals surface area contributed by atoms with Crippen LogP contribution in [-0.2, 0) is 0 Å². The first kappa shape index (κ1) is 18.4. The van der Waals surface area contributed by atoms with E-state index in [9.17, 15) is 4.79 Å². The Labute approximate surface area is 158 Å². The van der Waals surface area contributed by atoms with Gasteiger partial charge in [0.15, 0.2) is 0 Å². The zero-order valence-electron chi connectivity index (χ0n) is 15.4. The van der Waals surface area contributed by atoms with Crippen molar-refractivity contribution in [1.82, 2.24) is 15.5 Å². The molecule has 0 radical (unpaired) electrons. The summed E-state index contributed by atoms with van der Waals surface area (Å²) in [6.45, 7) is 4.68. The summed E-state index contributed by atoms with van der Waals surface area (Å²) in [6.07, 6.45) is 4.59. The van der Waals surface area contributed by atoms with Crippen LogP contribution in [0.4, 0.5) is 10.5 Å². The lowest BCUT2D eigenvalue weighted by atomic mass is 10.1. The number of hydrogen-bond donors (Lipinski definition) is 2. The summed E-state index contributed by atoms with van der Waals surface area (Å²) in [5, 5.41) is 9.58. The molecule has 0 bridgehead atoms. The first-order valence-corrected chi connectivity index (χ1v) is 8.88. The van der Waals surface area contributed by atoms with Crippen LogP contribution in [0, 0.1) is 6.92 Å². The minimum Gasteiger partial charge on any atom is -0.338 e. The van der Waals surface area contributed by atoms with Gasteiger partial charge in [-0.15, -0.1) is 0 Å². The Morgan fingerprint density at radius 1 is 1.15 bits per heavy atom. The van der Waals surface area contributed by atoms with Crippen LogP contribution in [0.5, 0.6) is 0 Å². The molecule has 0 saturated heterocycles. The molecule has 6 heteroatoms. The summed E-state index contributed by atoms with van der Waals surface area (Å²) >= 11 is 0. The zero-order chi connectivity index (χ0) is 19.1. The largest absolute Gasteiger partial charge is 0.338 e. The predicted octanol–water partition coefficient (Wildman–Crippen LogP) is 4.75. The van der Waals surface area contributed by atoms with Crippen molar-refractivity contribution in [2.24, 2.45) is 0 Å². The van der Waals surface area contributed by atoms with Crippen LogP contribution in [0.15, 0.2) is 53.1 Å². The van der Waals surface area contributed by atoms with Crippen molar-refractivity contribution in [3.63, 3.8) is 0 Å². The van der Waals surface area contributed by atoms with Crippen LogP contribution in [0.2, 0.25) is 0 Å². The number of rotatable bonds is 6. The van der Waals surface area contributed by atoms with Gasteiger partial charge in [-0.25, -0.2) is 4.79 Å². The number of nitrogens with one attached hydrogen (secondary N) is 2. The van der Waals surface area contributed by atoms with Crippen molar-refractivity contribution < 1.29 is 9.32 Å². The van der Waals surface area contributed by atoms with E-state index in [1.54, 1.807) is 6.08 Å². The first-order valence-electron chi connectivity index (χ1n) is 8.88. The number of carbonyl (C=O) groups is 1. The molecule has 2 aromatic carbocycles. The fraction of sp³-hybridized carbons (Fsp3) is 0.190. The second-order valence-electron chi connectivity index (χ2n) is 6.16. The summed E-state index contributed by atoms with van der Waals surface area (Å²) in [6, 6.07) is 15.3. The van der Waals surface area contributed by atoms with E-state index in [0.29, 0.717) is 23.9 Å². The van der Waals surface area contributed by atoms with Crippen molar-refractivity contribution in [3.05, 3.63) is 65.5 Å². The molecule has 2 N–H and O–H groups in total. The van der Waals surface area contributed by atoms with E-state index in [1.165, 1.54) is 5.56 Å². The molecule has 0 aliphatic carbocycles. The monoisotopic (exact) mass is 362 g/mol. The van der Waals surface area contributed by atoms with E-state index >= 15 is 0 Å². The Morgan fingerprint density at radius 2 is 1.96 bits per heavy atom. The lowest BCUT2D eigenvalue weighted by Crippen LogP contribution is -2.29. The topological polar surface area (TPSA) is 80.0 Å². The SMILES string of the molecule is CCCNC(=O)Nc1cccc(-c2noc(C=Cc3ccc(C)cc3)n2)c1. The molecule has 0 unspecified atom stereocenters. The third-order valence-electron chi connectivity index (χ3n) is 3.85. The van der Waals surface area contributed by atoms with E-state index in [4.69, 9.17) is 4.52 Å². The van der Waals surface area contributed by atoms with Crippen LogP contribution in [0.25, 0.3) is 23.5 Å². The van der Waals surface area contributed by atoms with E-state index < -0.39 is 0 Å². The van der Waals surface area contributed by atoms with Gasteiger partial charge in [-0.05, 0) is 37.1 Å². The summed E-state index contributed by atoms with van der Waals surface area (Å²) in [5.74, 6) is 0.890. The van der Waals surface area contributed by atoms with Gasteiger partial charge in [0.1, 0.15) is 0 Å². The van der Waals surface area contributed by atoms with Crippen molar-refractivity contribution in [2.75, 3.05) is 11.9 Å². The van der Waals surface area contributed by atoms with Crippen LogP contribution < -0.4 is 10.6 Å². The van der Waals surface area contributed by atoms with E-state index in [-0.39, 0.29) is 6.03 Å². The summed E-state index contributed by atoms with van der Waals surface area (Å²) in [7, 11) is 0. The number of carbonyl (C=O) groups excluding carboxylic acids is 1. The molecular formula is C21H22N4O2. The van der Waals surface area contributed by atoms with Gasteiger partial charge in [-0.3, -0.25) is 0 Å². The highest BCUT2D eigenvalue weighted by atomic mass is 16.5. The molecule has 2 amide bonds. The van der Waals surface area contributed by atoms with Crippen molar-refractivity contribution >= 4 is 23.9 Å². The second kappa shape index (κ2) is 8.80. The average molecular weight is 362 g/mol. The average Bonchev–Trinajstić information content (AvgIpc) is 3.15. The van der Waals surface area contributed by atoms with Gasteiger partial charge in [0.2, 0.25) is 5.82 Å². The molecule has 3 rings (SSSR count). The Hall–Kier alpha value is -3.41. The number of benzene rings is 2. The van der Waals surface area contributed by atoms with Crippen LogP contribution in [-0.4, -0.2) is 22.7 Å². The molecule has 27 heavy (non-hydrogen) atoms. The molecule has 138 valence electrons. The highest BCUT2D eigenvalue weighted by molar-refractivity contribution is 5.89. The number of nitrogens with zero attached hydrogens (tertiary/aromatic N) is 2. The summed E-state index contributed by atoms with van der Waals surface area (Å²) in [4.78, 5) is 16.2. The third-order valence-corrected chi connectivity index (χ3v) is 3.85. The maximum Gasteiger partial charge on any atom is 0.319 e. The Kier molecular flexibility index (Phi) is 5.99. The van der Waals surface area contributed by atoms with Crippen molar-refractivity contribution in [3.8, 4) is 11.4 Å². The number of urea groups is 1. The smallest absolute Gasteiger partial charge is 0.319 e. The normalized spacial score (nSPS) is 10.9. The van der Waals surface area contributed by atoms with E-state index in [2.05, 4.69) is 20.8 Å². The van der Waals surface area contributed by atoms with Gasteiger partial charge >= 0.3 is 6.03 Å². The zero-order valence-corrected chi connectivity index (χ0v) is 15.4. The molecule has 0 aliphatic rings. The summed E-state index contributed by atoms with van der Waals surface area (Å²) in [5.41, 5.74) is 3.71. The molecule has 0 atom stereocenters. The lowest BCUT2D eigenvalue weighted by Gasteiger charge is -2.07. The summed E-state index contributed by atoms with van der Waals surface area (Å²) < 4.78 is 5.29. The van der Waals surface area contributed by atoms with Crippen LogP contribution in [0.1, 0.15) is 30.4 Å². The van der Waals surface area contributed by atoms with E-state index in [1.807, 2.05) is 68.5 Å².